The second kappa shape index (κ2) is 27.4. The fourth-order valence-corrected chi connectivity index (χ4v) is 4.25. The van der Waals surface area contributed by atoms with Crippen LogP contribution in [-0.4, -0.2) is 48.3 Å². The number of carbonyl (C=O) groups excluding carboxylic acids is 3. The average Bonchev–Trinajstić information content (AvgIpc) is 2.91. The van der Waals surface area contributed by atoms with E-state index in [1.54, 1.807) is 0 Å². The number of esters is 3. The minimum atomic E-state index is -1.11. The first-order valence-electron chi connectivity index (χ1n) is 15.6. The van der Waals surface area contributed by atoms with E-state index >= 15 is 0 Å². The molecule has 0 aromatic carbocycles. The number of aliphatic carboxylic acids is 1. The molecule has 1 N–H and O–H groups in total. The average molecular weight is 557 g/mol. The fourth-order valence-electron chi connectivity index (χ4n) is 4.25. The van der Waals surface area contributed by atoms with Gasteiger partial charge in [0, 0.05) is 12.8 Å². The van der Waals surface area contributed by atoms with Gasteiger partial charge in [-0.05, 0) is 12.8 Å². The molecule has 0 saturated heterocycles. The van der Waals surface area contributed by atoms with Crippen LogP contribution in [0.25, 0.3) is 0 Å². The van der Waals surface area contributed by atoms with E-state index in [2.05, 4.69) is 13.8 Å². The van der Waals surface area contributed by atoms with Gasteiger partial charge in [0.05, 0.1) is 12.8 Å². The van der Waals surface area contributed by atoms with Crippen molar-refractivity contribution < 1.29 is 38.5 Å². The van der Waals surface area contributed by atoms with Gasteiger partial charge in [-0.15, -0.1) is 0 Å². The Hall–Kier alpha value is -2.12. The van der Waals surface area contributed by atoms with E-state index in [0.717, 1.165) is 38.5 Å². The van der Waals surface area contributed by atoms with Gasteiger partial charge in [-0.3, -0.25) is 19.2 Å². The summed E-state index contributed by atoms with van der Waals surface area (Å²) in [5.74, 6) is -2.60. The molecule has 0 unspecified atom stereocenters. The highest BCUT2D eigenvalue weighted by Crippen LogP contribution is 2.12. The number of rotatable bonds is 28. The van der Waals surface area contributed by atoms with E-state index in [9.17, 15) is 19.2 Å². The molecule has 0 heterocycles. The predicted molar refractivity (Wildman–Crippen MR) is 152 cm³/mol. The van der Waals surface area contributed by atoms with Gasteiger partial charge in [-0.25, -0.2) is 0 Å². The molecule has 0 bridgehead atoms. The van der Waals surface area contributed by atoms with Crippen LogP contribution >= 0.6 is 0 Å². The Labute approximate surface area is 236 Å². The number of carboxylic acid groups (broad SMARTS) is 1. The number of hydrogen-bond donors (Lipinski definition) is 1. The van der Waals surface area contributed by atoms with Crippen LogP contribution in [0.1, 0.15) is 155 Å². The molecule has 39 heavy (non-hydrogen) atoms. The summed E-state index contributed by atoms with van der Waals surface area (Å²) in [4.78, 5) is 47.0. The highest BCUT2D eigenvalue weighted by molar-refractivity contribution is 5.76. The molecule has 0 aliphatic rings. The highest BCUT2D eigenvalue weighted by atomic mass is 16.6. The predicted octanol–water partition coefficient (Wildman–Crippen LogP) is 7.69. The summed E-state index contributed by atoms with van der Waals surface area (Å²) in [5, 5.41) is 8.77. The van der Waals surface area contributed by atoms with Crippen molar-refractivity contribution >= 4 is 23.9 Å². The lowest BCUT2D eigenvalue weighted by molar-refractivity contribution is -0.167. The first-order chi connectivity index (χ1) is 18.9. The van der Waals surface area contributed by atoms with Gasteiger partial charge in [0.1, 0.15) is 13.2 Å². The lowest BCUT2D eigenvalue weighted by Crippen LogP contribution is -2.31. The quantitative estimate of drug-likeness (QED) is 0.0592. The Morgan fingerprint density at radius 2 is 0.846 bits per heavy atom. The molecular formula is C31H56O8. The summed E-state index contributed by atoms with van der Waals surface area (Å²) in [7, 11) is 0. The normalized spacial score (nSPS) is 10.9. The molecule has 8 nitrogen and oxygen atoms in total. The topological polar surface area (TPSA) is 116 Å². The fraction of sp³-hybridized carbons (Fsp3) is 0.871. The molecule has 0 amide bonds. The number of unbranched alkanes of at least 4 members (excludes halogenated alkanes) is 16. The summed E-state index contributed by atoms with van der Waals surface area (Å²) in [6, 6.07) is 0. The standard InChI is InChI=1S/C31H56O8/c1-3-5-7-9-11-13-15-17-19-21-29(34)37-25-27(39-31(36)24-23-28(32)33)26-38-30(35)22-20-18-16-14-12-10-8-6-4-2/h27H,3-26H2,1-2H3,(H,32,33). The molecule has 0 rings (SSSR count). The van der Waals surface area contributed by atoms with Crippen molar-refractivity contribution in [2.45, 2.75) is 161 Å². The maximum atomic E-state index is 12.1. The molecular weight excluding hydrogens is 500 g/mol. The molecule has 0 aromatic heterocycles. The van der Waals surface area contributed by atoms with Crippen molar-refractivity contribution in [1.29, 1.82) is 0 Å². The van der Waals surface area contributed by atoms with E-state index in [0.29, 0.717) is 0 Å². The summed E-state index contributed by atoms with van der Waals surface area (Å²) in [5.41, 5.74) is 0. The van der Waals surface area contributed by atoms with Crippen LogP contribution in [0.5, 0.6) is 0 Å². The van der Waals surface area contributed by atoms with Crippen molar-refractivity contribution in [1.82, 2.24) is 0 Å². The monoisotopic (exact) mass is 556 g/mol. The molecule has 228 valence electrons. The third kappa shape index (κ3) is 27.2. The minimum Gasteiger partial charge on any atom is -0.481 e. The van der Waals surface area contributed by atoms with Crippen LogP contribution in [0.4, 0.5) is 0 Å². The van der Waals surface area contributed by atoms with E-state index in [1.165, 1.54) is 77.0 Å². The Morgan fingerprint density at radius 1 is 0.487 bits per heavy atom. The van der Waals surface area contributed by atoms with Gasteiger partial charge in [0.2, 0.25) is 0 Å². The first-order valence-corrected chi connectivity index (χ1v) is 15.6. The second-order valence-electron chi connectivity index (χ2n) is 10.5. The van der Waals surface area contributed by atoms with Crippen molar-refractivity contribution in [2.24, 2.45) is 0 Å². The van der Waals surface area contributed by atoms with Gasteiger partial charge in [0.25, 0.3) is 0 Å². The van der Waals surface area contributed by atoms with Gasteiger partial charge in [0.15, 0.2) is 6.10 Å². The van der Waals surface area contributed by atoms with Gasteiger partial charge in [-0.1, -0.05) is 117 Å². The van der Waals surface area contributed by atoms with E-state index in [-0.39, 0.29) is 50.8 Å². The Morgan fingerprint density at radius 3 is 1.21 bits per heavy atom. The molecule has 0 aliphatic carbocycles. The van der Waals surface area contributed by atoms with Crippen molar-refractivity contribution in [3.8, 4) is 0 Å². The zero-order valence-electron chi connectivity index (χ0n) is 24.9. The Balaban J connectivity index is 4.22. The third-order valence-electron chi connectivity index (χ3n) is 6.67. The van der Waals surface area contributed by atoms with Crippen LogP contribution in [0.2, 0.25) is 0 Å². The smallest absolute Gasteiger partial charge is 0.306 e. The zero-order chi connectivity index (χ0) is 29.0. The van der Waals surface area contributed by atoms with Gasteiger partial charge < -0.3 is 19.3 Å². The lowest BCUT2D eigenvalue weighted by atomic mass is 10.1. The Kier molecular flexibility index (Phi) is 26.0. The molecule has 0 atom stereocenters. The molecule has 0 spiro atoms. The van der Waals surface area contributed by atoms with Crippen LogP contribution < -0.4 is 0 Å². The molecule has 0 saturated carbocycles. The lowest BCUT2D eigenvalue weighted by Gasteiger charge is -2.18. The van der Waals surface area contributed by atoms with E-state index in [4.69, 9.17) is 19.3 Å². The van der Waals surface area contributed by atoms with Crippen LogP contribution in [0.15, 0.2) is 0 Å². The summed E-state index contributed by atoms with van der Waals surface area (Å²) in [6.45, 7) is 3.97. The highest BCUT2D eigenvalue weighted by Gasteiger charge is 2.20. The largest absolute Gasteiger partial charge is 0.481 e. The van der Waals surface area contributed by atoms with Crippen molar-refractivity contribution in [3.63, 3.8) is 0 Å². The van der Waals surface area contributed by atoms with E-state index in [1.807, 2.05) is 0 Å². The minimum absolute atomic E-state index is 0.222. The molecule has 8 heteroatoms. The summed E-state index contributed by atoms with van der Waals surface area (Å²) >= 11 is 0. The molecule has 0 aliphatic heterocycles. The van der Waals surface area contributed by atoms with Gasteiger partial charge in [-0.2, -0.15) is 0 Å². The molecule has 0 fully saturated rings. The van der Waals surface area contributed by atoms with Gasteiger partial charge >= 0.3 is 23.9 Å². The SMILES string of the molecule is CCCCCCCCCCCC(=O)OCC(COC(=O)CCCCCCCCCCC)OC(=O)CCC(=O)O. The van der Waals surface area contributed by atoms with Crippen LogP contribution in [0, 0.1) is 0 Å². The van der Waals surface area contributed by atoms with Crippen molar-refractivity contribution in [2.75, 3.05) is 13.2 Å². The summed E-state index contributed by atoms with van der Waals surface area (Å²) in [6.07, 6.45) is 19.6. The number of ether oxygens (including phenoxy) is 3. The van der Waals surface area contributed by atoms with Crippen molar-refractivity contribution in [3.05, 3.63) is 0 Å². The Bertz CT molecular complexity index is 596. The van der Waals surface area contributed by atoms with E-state index < -0.39 is 18.0 Å². The maximum absolute atomic E-state index is 12.1. The summed E-state index contributed by atoms with van der Waals surface area (Å²) < 4.78 is 15.8. The molecule has 0 radical (unpaired) electrons. The zero-order valence-corrected chi connectivity index (χ0v) is 24.9. The molecule has 0 aromatic rings. The van der Waals surface area contributed by atoms with Crippen LogP contribution in [-0.2, 0) is 33.4 Å². The number of hydrogen-bond acceptors (Lipinski definition) is 7. The maximum Gasteiger partial charge on any atom is 0.306 e. The number of carboxylic acids is 1. The third-order valence-corrected chi connectivity index (χ3v) is 6.67. The first kappa shape index (κ1) is 36.9. The second-order valence-corrected chi connectivity index (χ2v) is 10.5. The van der Waals surface area contributed by atoms with Crippen LogP contribution in [0.3, 0.4) is 0 Å². The number of carbonyl (C=O) groups is 4.